The van der Waals surface area contributed by atoms with Crippen molar-refractivity contribution < 1.29 is 27.8 Å². The quantitative estimate of drug-likeness (QED) is 0.371. The molecule has 3 aromatic rings. The number of aliphatic hydroxyl groups is 1. The van der Waals surface area contributed by atoms with Gasteiger partial charge in [-0.1, -0.05) is 60.7 Å². The molecule has 192 valence electrons. The van der Waals surface area contributed by atoms with Gasteiger partial charge in [0.25, 0.3) is 0 Å². The van der Waals surface area contributed by atoms with E-state index in [1.165, 1.54) is 25.3 Å². The number of halogens is 3. The first-order valence-electron chi connectivity index (χ1n) is 12.0. The molecule has 8 heteroatoms. The van der Waals surface area contributed by atoms with Crippen LogP contribution in [0.3, 0.4) is 0 Å². The van der Waals surface area contributed by atoms with E-state index in [1.807, 2.05) is 36.4 Å². The number of rotatable bonds is 10. The summed E-state index contributed by atoms with van der Waals surface area (Å²) in [5.41, 5.74) is 2.88. The maximum absolute atomic E-state index is 12.8. The smallest absolute Gasteiger partial charge is 0.496 e. The molecule has 0 bridgehead atoms. The number of aliphatic hydroxyl groups excluding tert-OH is 1. The normalized spacial score (nSPS) is 20.0. The summed E-state index contributed by atoms with van der Waals surface area (Å²) in [6, 6.07) is 24.5. The van der Waals surface area contributed by atoms with Gasteiger partial charge in [-0.05, 0) is 48.2 Å². The van der Waals surface area contributed by atoms with E-state index >= 15 is 0 Å². The van der Waals surface area contributed by atoms with Crippen LogP contribution in [-0.4, -0.2) is 43.8 Å². The van der Waals surface area contributed by atoms with Gasteiger partial charge in [0.15, 0.2) is 0 Å². The van der Waals surface area contributed by atoms with Crippen LogP contribution in [0.2, 0.25) is 0 Å². The van der Waals surface area contributed by atoms with Crippen LogP contribution in [0.25, 0.3) is 0 Å². The van der Waals surface area contributed by atoms with Gasteiger partial charge < -0.3 is 25.2 Å². The van der Waals surface area contributed by atoms with Crippen molar-refractivity contribution >= 4 is 0 Å². The largest absolute Gasteiger partial charge is 0.573 e. The maximum Gasteiger partial charge on any atom is 0.573 e. The minimum Gasteiger partial charge on any atom is -0.496 e. The van der Waals surface area contributed by atoms with Gasteiger partial charge in [0, 0.05) is 36.7 Å². The van der Waals surface area contributed by atoms with E-state index in [2.05, 4.69) is 39.6 Å². The molecule has 1 aliphatic rings. The van der Waals surface area contributed by atoms with Crippen LogP contribution in [0.5, 0.6) is 11.5 Å². The van der Waals surface area contributed by atoms with Gasteiger partial charge in [-0.2, -0.15) is 0 Å². The Kier molecular flexibility index (Phi) is 8.51. The number of alkyl halides is 3. The zero-order valence-corrected chi connectivity index (χ0v) is 20.0. The molecule has 3 atom stereocenters. The predicted octanol–water partition coefficient (Wildman–Crippen LogP) is 4.85. The third-order valence-corrected chi connectivity index (χ3v) is 6.70. The lowest BCUT2D eigenvalue weighted by Crippen LogP contribution is -2.46. The highest BCUT2D eigenvalue weighted by Gasteiger charge is 2.41. The van der Waals surface area contributed by atoms with Crippen molar-refractivity contribution in [1.82, 2.24) is 10.6 Å². The second-order valence-electron chi connectivity index (χ2n) is 8.93. The summed E-state index contributed by atoms with van der Waals surface area (Å²) in [6.07, 6.45) is -4.17. The van der Waals surface area contributed by atoms with E-state index in [0.717, 1.165) is 11.1 Å². The van der Waals surface area contributed by atoms with Gasteiger partial charge in [0.1, 0.15) is 11.5 Å². The van der Waals surface area contributed by atoms with Crippen LogP contribution >= 0.6 is 0 Å². The molecule has 0 amide bonds. The Morgan fingerprint density at radius 2 is 1.64 bits per heavy atom. The van der Waals surface area contributed by atoms with Crippen LogP contribution in [0.15, 0.2) is 78.9 Å². The maximum atomic E-state index is 12.8. The molecule has 5 nitrogen and oxygen atoms in total. The molecular formula is C28H31F3N2O3. The number of benzene rings is 3. The summed E-state index contributed by atoms with van der Waals surface area (Å²) < 4.78 is 47.9. The first-order chi connectivity index (χ1) is 17.4. The third-order valence-electron chi connectivity index (χ3n) is 6.70. The summed E-state index contributed by atoms with van der Waals surface area (Å²) >= 11 is 0. The van der Waals surface area contributed by atoms with E-state index < -0.39 is 6.36 Å². The average Bonchev–Trinajstić information content (AvgIpc) is 3.25. The van der Waals surface area contributed by atoms with Crippen molar-refractivity contribution in [3.8, 4) is 11.5 Å². The lowest BCUT2D eigenvalue weighted by Gasteiger charge is -2.32. The van der Waals surface area contributed by atoms with E-state index in [9.17, 15) is 18.3 Å². The highest BCUT2D eigenvalue weighted by atomic mass is 19.4. The minimum absolute atomic E-state index is 0.00745. The van der Waals surface area contributed by atoms with E-state index in [-0.39, 0.29) is 42.8 Å². The summed E-state index contributed by atoms with van der Waals surface area (Å²) in [6.45, 7) is 1.05. The van der Waals surface area contributed by atoms with Crippen molar-refractivity contribution in [1.29, 1.82) is 0 Å². The fraction of sp³-hybridized carbons (Fsp3) is 0.357. The van der Waals surface area contributed by atoms with Gasteiger partial charge >= 0.3 is 6.36 Å². The van der Waals surface area contributed by atoms with E-state index in [0.29, 0.717) is 24.3 Å². The summed E-state index contributed by atoms with van der Waals surface area (Å²) in [5.74, 6) is 0.353. The first kappa shape index (κ1) is 26.0. The number of nitrogens with one attached hydrogen (secondary N) is 2. The summed E-state index contributed by atoms with van der Waals surface area (Å²) in [5, 5.41) is 17.0. The molecule has 0 aliphatic carbocycles. The van der Waals surface area contributed by atoms with Gasteiger partial charge in [-0.3, -0.25) is 0 Å². The van der Waals surface area contributed by atoms with Crippen LogP contribution in [0.1, 0.15) is 29.0 Å². The Morgan fingerprint density at radius 1 is 1.00 bits per heavy atom. The molecule has 3 aromatic carbocycles. The standard InChI is InChI=1S/C28H31F3N2O3/c1-35-24-13-12-23(36-28(29,30)31)16-22(24)18-32-26-21(14-15-34)17-33-27(26)25(19-8-4-2-5-9-19)20-10-6-3-7-11-20/h2-13,16,21,25-27,32-34H,14-15,17-18H2,1H3/t21-,26-,27-/m0/s1. The predicted molar refractivity (Wildman–Crippen MR) is 132 cm³/mol. The third kappa shape index (κ3) is 6.37. The number of hydrogen-bond acceptors (Lipinski definition) is 5. The SMILES string of the molecule is COc1ccc(OC(F)(F)F)cc1CN[C@H]1[C@@H](CCO)CN[C@H]1C(c1ccccc1)c1ccccc1. The lowest BCUT2D eigenvalue weighted by molar-refractivity contribution is -0.274. The zero-order chi connectivity index (χ0) is 25.5. The van der Waals surface area contributed by atoms with E-state index in [4.69, 9.17) is 4.74 Å². The van der Waals surface area contributed by atoms with Gasteiger partial charge in [0.2, 0.25) is 0 Å². The molecule has 0 radical (unpaired) electrons. The topological polar surface area (TPSA) is 62.8 Å². The Labute approximate surface area is 209 Å². The fourth-order valence-electron chi connectivity index (χ4n) is 5.15. The van der Waals surface area contributed by atoms with Gasteiger partial charge in [0.05, 0.1) is 7.11 Å². The Morgan fingerprint density at radius 3 is 2.19 bits per heavy atom. The van der Waals surface area contributed by atoms with Crippen LogP contribution in [0.4, 0.5) is 13.2 Å². The average molecular weight is 501 g/mol. The second-order valence-corrected chi connectivity index (χ2v) is 8.93. The molecule has 0 aromatic heterocycles. The summed E-state index contributed by atoms with van der Waals surface area (Å²) in [4.78, 5) is 0. The highest BCUT2D eigenvalue weighted by Crippen LogP contribution is 2.35. The molecule has 1 heterocycles. The first-order valence-corrected chi connectivity index (χ1v) is 12.0. The Balaban J connectivity index is 1.63. The Hall–Kier alpha value is -3.07. The van der Waals surface area contributed by atoms with Crippen molar-refractivity contribution in [2.75, 3.05) is 20.3 Å². The van der Waals surface area contributed by atoms with Crippen molar-refractivity contribution in [3.63, 3.8) is 0 Å². The number of ether oxygens (including phenoxy) is 2. The molecule has 1 saturated heterocycles. The van der Waals surface area contributed by atoms with Gasteiger partial charge in [-0.15, -0.1) is 13.2 Å². The number of methoxy groups -OCH3 is 1. The van der Waals surface area contributed by atoms with Crippen LogP contribution < -0.4 is 20.1 Å². The van der Waals surface area contributed by atoms with Crippen LogP contribution in [0, 0.1) is 5.92 Å². The molecule has 0 unspecified atom stereocenters. The van der Waals surface area contributed by atoms with Crippen molar-refractivity contribution in [2.45, 2.75) is 37.3 Å². The van der Waals surface area contributed by atoms with Crippen LogP contribution in [-0.2, 0) is 6.54 Å². The molecule has 0 saturated carbocycles. The van der Waals surface area contributed by atoms with Crippen molar-refractivity contribution in [2.24, 2.45) is 5.92 Å². The highest BCUT2D eigenvalue weighted by molar-refractivity contribution is 5.41. The second kappa shape index (κ2) is 11.8. The molecule has 4 rings (SSSR count). The molecule has 0 spiro atoms. The molecular weight excluding hydrogens is 469 g/mol. The fourth-order valence-corrected chi connectivity index (χ4v) is 5.15. The summed E-state index contributed by atoms with van der Waals surface area (Å²) in [7, 11) is 1.48. The molecule has 1 aliphatic heterocycles. The lowest BCUT2D eigenvalue weighted by atomic mass is 9.80. The monoisotopic (exact) mass is 500 g/mol. The zero-order valence-electron chi connectivity index (χ0n) is 20.0. The molecule has 36 heavy (non-hydrogen) atoms. The minimum atomic E-state index is -4.77. The van der Waals surface area contributed by atoms with E-state index in [1.54, 1.807) is 0 Å². The molecule has 3 N–H and O–H groups in total. The molecule has 1 fully saturated rings. The number of hydrogen-bond donors (Lipinski definition) is 3. The van der Waals surface area contributed by atoms with Crippen molar-refractivity contribution in [3.05, 3.63) is 95.6 Å². The Bertz CT molecular complexity index is 1060. The van der Waals surface area contributed by atoms with Gasteiger partial charge in [-0.25, -0.2) is 0 Å².